The van der Waals surface area contributed by atoms with Crippen LogP contribution in [0, 0.1) is 56.7 Å². The number of hydrogen-bond donors (Lipinski definition) is 0. The van der Waals surface area contributed by atoms with Crippen LogP contribution in [0.2, 0.25) is 0 Å². The summed E-state index contributed by atoms with van der Waals surface area (Å²) in [5, 5.41) is 0. The highest BCUT2D eigenvalue weighted by molar-refractivity contribution is 5.71. The number of rotatable bonds is 10. The number of ether oxygens (including phenoxy) is 2. The Kier molecular flexibility index (Phi) is 13.4. The number of esters is 2. The van der Waals surface area contributed by atoms with Gasteiger partial charge in [0.15, 0.2) is 13.1 Å². The second-order valence-corrected chi connectivity index (χ2v) is 21.6. The minimum atomic E-state index is -0.0539. The lowest BCUT2D eigenvalue weighted by Gasteiger charge is -2.73. The van der Waals surface area contributed by atoms with Crippen molar-refractivity contribution < 1.29 is 52.8 Å². The average molecular weight is 770 g/mol. The molecule has 5 aliphatic rings. The fourth-order valence-corrected chi connectivity index (χ4v) is 13.2. The van der Waals surface area contributed by atoms with E-state index in [1.54, 1.807) is 0 Å². The molecule has 0 unspecified atom stereocenters. The van der Waals surface area contributed by atoms with E-state index in [1.807, 2.05) is 0 Å². The molecule has 5 aliphatic carbocycles. The smallest absolute Gasteiger partial charge is 0.362 e. The molecule has 0 amide bonds. The Labute approximate surface area is 332 Å². The van der Waals surface area contributed by atoms with Crippen molar-refractivity contribution in [2.75, 3.05) is 47.9 Å². The van der Waals surface area contributed by atoms with Gasteiger partial charge in [-0.2, -0.15) is 0 Å². The number of allylic oxidation sites excluding steroid dienone is 1. The van der Waals surface area contributed by atoms with Gasteiger partial charge in [0.1, 0.15) is 6.10 Å². The molecule has 0 N–H and O–H groups in total. The van der Waals surface area contributed by atoms with Crippen molar-refractivity contribution in [1.29, 1.82) is 0 Å². The van der Waals surface area contributed by atoms with E-state index in [4.69, 9.17) is 9.47 Å². The number of hydrogen-bond acceptors (Lipinski definition) is 4. The summed E-state index contributed by atoms with van der Waals surface area (Å²) in [6.07, 6.45) is 11.8. The van der Waals surface area contributed by atoms with E-state index in [-0.39, 0.29) is 69.9 Å². The first-order chi connectivity index (χ1) is 22.9. The molecule has 5 saturated carbocycles. The van der Waals surface area contributed by atoms with Gasteiger partial charge in [-0.05, 0) is 145 Å². The Bertz CT molecular complexity index is 1330. The highest BCUT2D eigenvalue weighted by Gasteiger charge is 2.71. The summed E-state index contributed by atoms with van der Waals surface area (Å²) in [6, 6.07) is 0.738. The van der Waals surface area contributed by atoms with Gasteiger partial charge in [-0.1, -0.05) is 46.8 Å². The standard InChI is InChI=1S/C44H78N2O4.2ClH/c1-29(2)32-18-23-44(28-49-37(47)26-45(12,13)30(3)4)25-24-42(10)33(39(32)44)16-17-35-41(9)21-20-36(50-38(48)27-46(14,15)31(5)6)40(7,8)34(41)19-22-43(35,42)11;;/h30-36,39H,1,16-28H2,2-15H3;2*1H/q+2;;/p-2/t32-,33+,34-,35+,36-,39+,41-,42+,43+,44+;;/m0../s1. The summed E-state index contributed by atoms with van der Waals surface area (Å²) in [5.41, 5.74) is 2.07. The van der Waals surface area contributed by atoms with E-state index < -0.39 is 0 Å². The molecule has 8 heteroatoms. The Morgan fingerprint density at radius 3 is 1.85 bits per heavy atom. The summed E-state index contributed by atoms with van der Waals surface area (Å²) in [7, 11) is 8.53. The molecule has 5 rings (SSSR count). The molecule has 0 saturated heterocycles. The van der Waals surface area contributed by atoms with E-state index in [0.29, 0.717) is 70.3 Å². The zero-order valence-corrected chi connectivity index (χ0v) is 37.3. The van der Waals surface area contributed by atoms with Crippen molar-refractivity contribution >= 4 is 11.9 Å². The molecule has 6 nitrogen and oxygen atoms in total. The Morgan fingerprint density at radius 2 is 1.29 bits per heavy atom. The number of carbonyl (C=O) groups excluding carboxylic acids is 2. The second-order valence-electron chi connectivity index (χ2n) is 21.6. The first-order valence-corrected chi connectivity index (χ1v) is 20.5. The summed E-state index contributed by atoms with van der Waals surface area (Å²) in [5.74, 6) is 2.78. The Balaban J connectivity index is 0.00000364. The van der Waals surface area contributed by atoms with Gasteiger partial charge in [-0.3, -0.25) is 0 Å². The van der Waals surface area contributed by atoms with Crippen LogP contribution in [-0.2, 0) is 19.1 Å². The van der Waals surface area contributed by atoms with Crippen molar-refractivity contribution in [2.45, 2.75) is 152 Å². The van der Waals surface area contributed by atoms with Crippen LogP contribution in [0.4, 0.5) is 0 Å². The van der Waals surface area contributed by atoms with E-state index in [1.165, 1.54) is 44.1 Å². The molecule has 0 spiro atoms. The van der Waals surface area contributed by atoms with Gasteiger partial charge in [-0.15, -0.1) is 0 Å². The lowest BCUT2D eigenvalue weighted by atomic mass is 9.32. The van der Waals surface area contributed by atoms with E-state index >= 15 is 0 Å². The summed E-state index contributed by atoms with van der Waals surface area (Å²) in [6.45, 7) is 29.8. The predicted octanol–water partition coefficient (Wildman–Crippen LogP) is 3.08. The summed E-state index contributed by atoms with van der Waals surface area (Å²) < 4.78 is 14.0. The third-order valence-corrected chi connectivity index (χ3v) is 17.8. The van der Waals surface area contributed by atoms with Crippen LogP contribution in [-0.4, -0.2) is 87.0 Å². The molecule has 0 aromatic heterocycles. The molecule has 52 heavy (non-hydrogen) atoms. The van der Waals surface area contributed by atoms with Crippen LogP contribution in [0.3, 0.4) is 0 Å². The molecular weight excluding hydrogens is 691 g/mol. The van der Waals surface area contributed by atoms with Gasteiger partial charge >= 0.3 is 11.9 Å². The van der Waals surface area contributed by atoms with Crippen LogP contribution in [0.1, 0.15) is 133 Å². The van der Waals surface area contributed by atoms with E-state index in [9.17, 15) is 9.59 Å². The largest absolute Gasteiger partial charge is 1.00 e. The Hall–Kier alpha value is -0.820. The van der Waals surface area contributed by atoms with Crippen molar-refractivity contribution in [3.05, 3.63) is 12.2 Å². The highest BCUT2D eigenvalue weighted by Crippen LogP contribution is 2.77. The normalized spacial score (nSPS) is 39.5. The number of nitrogens with zero attached hydrogens (tertiary/aromatic N) is 2. The minimum Gasteiger partial charge on any atom is -1.00 e. The topological polar surface area (TPSA) is 52.6 Å². The SMILES string of the molecule is C=C(C)[C@@H]1CC[C@]2(COC(=O)C[N+](C)(C)C(C)C)CC[C@]3(C)[C@H](CC[C@@H]4[C@@]5(C)CC[C@H](OC(=O)C[N+](C)(C)C(C)C)C(C)(C)[C@@H]5CC[C@]43C)[C@@H]12.[Cl-].[Cl-]. The van der Waals surface area contributed by atoms with Gasteiger partial charge in [0.25, 0.3) is 0 Å². The van der Waals surface area contributed by atoms with Crippen molar-refractivity contribution in [2.24, 2.45) is 56.7 Å². The maximum atomic E-state index is 13.3. The van der Waals surface area contributed by atoms with Crippen LogP contribution >= 0.6 is 0 Å². The summed E-state index contributed by atoms with van der Waals surface area (Å²) >= 11 is 0. The summed E-state index contributed by atoms with van der Waals surface area (Å²) in [4.78, 5) is 26.6. The molecule has 0 bridgehead atoms. The zero-order valence-electron chi connectivity index (χ0n) is 35.8. The first-order valence-electron chi connectivity index (χ1n) is 20.5. The van der Waals surface area contributed by atoms with Crippen LogP contribution < -0.4 is 24.8 Å². The van der Waals surface area contributed by atoms with Gasteiger partial charge in [-0.25, -0.2) is 9.59 Å². The van der Waals surface area contributed by atoms with Gasteiger partial charge in [0.2, 0.25) is 0 Å². The number of fused-ring (bicyclic) bond motifs is 7. The van der Waals surface area contributed by atoms with E-state index in [0.717, 1.165) is 25.7 Å². The predicted molar refractivity (Wildman–Crippen MR) is 204 cm³/mol. The number of quaternary nitrogens is 2. The fraction of sp³-hybridized carbons (Fsp3) is 0.909. The van der Waals surface area contributed by atoms with Crippen molar-refractivity contribution in [3.63, 3.8) is 0 Å². The van der Waals surface area contributed by atoms with Crippen LogP contribution in [0.5, 0.6) is 0 Å². The van der Waals surface area contributed by atoms with Crippen molar-refractivity contribution in [1.82, 2.24) is 0 Å². The average Bonchev–Trinajstić information content (AvgIpc) is 3.38. The molecule has 302 valence electrons. The lowest BCUT2D eigenvalue weighted by Crippen LogP contribution is -3.00. The fourth-order valence-electron chi connectivity index (χ4n) is 13.2. The second kappa shape index (κ2) is 15.3. The highest BCUT2D eigenvalue weighted by atomic mass is 35.5. The number of likely N-dealkylation sites (N-methyl/N-ethyl adjacent to an activating group) is 2. The van der Waals surface area contributed by atoms with Gasteiger partial charge in [0.05, 0.1) is 46.9 Å². The van der Waals surface area contributed by atoms with E-state index in [2.05, 4.69) is 104 Å². The minimum absolute atomic E-state index is 0. The maximum absolute atomic E-state index is 13.3. The maximum Gasteiger partial charge on any atom is 0.362 e. The molecule has 10 atom stereocenters. The molecule has 0 heterocycles. The third kappa shape index (κ3) is 7.40. The Morgan fingerprint density at radius 1 is 0.712 bits per heavy atom. The molecule has 0 aromatic rings. The lowest BCUT2D eigenvalue weighted by molar-refractivity contribution is -0.904. The number of halogens is 2. The quantitative estimate of drug-likeness (QED) is 0.195. The molecular formula is C44H78Cl2N2O4. The van der Waals surface area contributed by atoms with Gasteiger partial charge < -0.3 is 43.3 Å². The first kappa shape index (κ1) is 45.6. The third-order valence-electron chi connectivity index (χ3n) is 17.8. The van der Waals surface area contributed by atoms with Gasteiger partial charge in [0, 0.05) is 10.8 Å². The molecule has 0 aromatic carbocycles. The molecule has 0 aliphatic heterocycles. The van der Waals surface area contributed by atoms with Crippen LogP contribution in [0.15, 0.2) is 12.2 Å². The number of carbonyl (C=O) groups is 2. The van der Waals surface area contributed by atoms with Crippen LogP contribution in [0.25, 0.3) is 0 Å². The molecule has 5 fully saturated rings. The van der Waals surface area contributed by atoms with Crippen molar-refractivity contribution in [3.8, 4) is 0 Å². The zero-order chi connectivity index (χ0) is 37.5. The molecule has 0 radical (unpaired) electrons. The monoisotopic (exact) mass is 769 g/mol.